The minimum atomic E-state index is -3.64. The predicted octanol–water partition coefficient (Wildman–Crippen LogP) is 5.27. The van der Waals surface area contributed by atoms with Gasteiger partial charge in [0, 0.05) is 25.6 Å². The van der Waals surface area contributed by atoms with Crippen LogP contribution >= 0.6 is 23.2 Å². The molecule has 0 aliphatic heterocycles. The van der Waals surface area contributed by atoms with Gasteiger partial charge in [0.1, 0.15) is 11.8 Å². The Labute approximate surface area is 236 Å². The van der Waals surface area contributed by atoms with E-state index in [1.807, 2.05) is 20.8 Å². The lowest BCUT2D eigenvalue weighted by atomic mass is 10.1. The summed E-state index contributed by atoms with van der Waals surface area (Å²) in [5.41, 5.74) is 1.13. The van der Waals surface area contributed by atoms with E-state index in [4.69, 9.17) is 27.9 Å². The maximum atomic E-state index is 13.5. The molecule has 0 spiro atoms. The zero-order valence-electron chi connectivity index (χ0n) is 22.5. The zero-order valence-corrected chi connectivity index (χ0v) is 24.9. The summed E-state index contributed by atoms with van der Waals surface area (Å²) in [6, 6.07) is 11.2. The van der Waals surface area contributed by atoms with Crippen molar-refractivity contribution in [1.29, 1.82) is 0 Å². The number of rotatable bonds is 14. The predicted molar refractivity (Wildman–Crippen MR) is 153 cm³/mol. The van der Waals surface area contributed by atoms with Gasteiger partial charge in [0.25, 0.3) is 0 Å². The van der Waals surface area contributed by atoms with E-state index in [2.05, 4.69) is 5.32 Å². The summed E-state index contributed by atoms with van der Waals surface area (Å²) < 4.78 is 31.7. The lowest BCUT2D eigenvalue weighted by Crippen LogP contribution is -2.50. The van der Waals surface area contributed by atoms with E-state index in [0.29, 0.717) is 27.9 Å². The Morgan fingerprint density at radius 3 is 2.32 bits per heavy atom. The van der Waals surface area contributed by atoms with Crippen LogP contribution in [-0.2, 0) is 26.2 Å². The van der Waals surface area contributed by atoms with Gasteiger partial charge in [0.15, 0.2) is 0 Å². The number of anilines is 1. The summed E-state index contributed by atoms with van der Waals surface area (Å²) in [5.74, 6) is -0.0870. The lowest BCUT2D eigenvalue weighted by molar-refractivity contribution is -0.141. The van der Waals surface area contributed by atoms with Crippen LogP contribution in [0.5, 0.6) is 5.75 Å². The number of amides is 2. The number of para-hydroxylation sites is 2. The van der Waals surface area contributed by atoms with E-state index in [1.165, 1.54) is 16.3 Å². The Morgan fingerprint density at radius 2 is 1.74 bits per heavy atom. The summed E-state index contributed by atoms with van der Waals surface area (Å²) in [7, 11) is -2.17. The van der Waals surface area contributed by atoms with Crippen molar-refractivity contribution in [3.05, 3.63) is 58.1 Å². The first-order valence-corrected chi connectivity index (χ1v) is 15.2. The molecule has 0 radical (unpaired) electrons. The van der Waals surface area contributed by atoms with Crippen LogP contribution in [0.15, 0.2) is 42.5 Å². The first kappa shape index (κ1) is 31.7. The second-order valence-electron chi connectivity index (χ2n) is 9.12. The van der Waals surface area contributed by atoms with E-state index in [0.717, 1.165) is 18.2 Å². The topological polar surface area (TPSA) is 96.0 Å². The maximum Gasteiger partial charge on any atom is 0.243 e. The van der Waals surface area contributed by atoms with Crippen molar-refractivity contribution in [3.63, 3.8) is 0 Å². The fourth-order valence-corrected chi connectivity index (χ4v) is 5.30. The summed E-state index contributed by atoms with van der Waals surface area (Å²) in [4.78, 5) is 28.2. The molecule has 0 aliphatic rings. The van der Waals surface area contributed by atoms with Gasteiger partial charge in [0.2, 0.25) is 21.8 Å². The summed E-state index contributed by atoms with van der Waals surface area (Å²) in [6.07, 6.45) is 2.56. The van der Waals surface area contributed by atoms with Crippen LogP contribution in [0.1, 0.15) is 52.0 Å². The highest BCUT2D eigenvalue weighted by atomic mass is 35.5. The number of benzene rings is 2. The van der Waals surface area contributed by atoms with Gasteiger partial charge < -0.3 is 15.0 Å². The third kappa shape index (κ3) is 8.78. The highest BCUT2D eigenvalue weighted by molar-refractivity contribution is 7.92. The van der Waals surface area contributed by atoms with Crippen molar-refractivity contribution < 1.29 is 22.7 Å². The molecule has 38 heavy (non-hydrogen) atoms. The van der Waals surface area contributed by atoms with Gasteiger partial charge in [-0.2, -0.15) is 0 Å². The van der Waals surface area contributed by atoms with E-state index >= 15 is 0 Å². The molecule has 0 saturated carbocycles. The number of methoxy groups -OCH3 is 1. The second kappa shape index (κ2) is 14.6. The molecular formula is C27H37Cl2N3O5S. The van der Waals surface area contributed by atoms with Crippen molar-refractivity contribution in [2.45, 2.75) is 65.1 Å². The number of hydrogen-bond acceptors (Lipinski definition) is 5. The van der Waals surface area contributed by atoms with Gasteiger partial charge in [-0.25, -0.2) is 8.42 Å². The van der Waals surface area contributed by atoms with Crippen LogP contribution in [0, 0.1) is 0 Å². The third-order valence-electron chi connectivity index (χ3n) is 6.23. The van der Waals surface area contributed by atoms with Crippen molar-refractivity contribution >= 4 is 50.7 Å². The van der Waals surface area contributed by atoms with E-state index in [-0.39, 0.29) is 43.8 Å². The first-order valence-electron chi connectivity index (χ1n) is 12.6. The summed E-state index contributed by atoms with van der Waals surface area (Å²) in [6.45, 7) is 5.96. The molecule has 2 amide bonds. The molecule has 8 nitrogen and oxygen atoms in total. The molecule has 0 saturated heterocycles. The maximum absolute atomic E-state index is 13.5. The molecule has 0 fully saturated rings. The van der Waals surface area contributed by atoms with Gasteiger partial charge in [-0.3, -0.25) is 13.9 Å². The molecule has 11 heteroatoms. The highest BCUT2D eigenvalue weighted by Crippen LogP contribution is 2.30. The van der Waals surface area contributed by atoms with E-state index in [9.17, 15) is 18.0 Å². The van der Waals surface area contributed by atoms with E-state index < -0.39 is 16.1 Å². The molecule has 2 aromatic rings. The summed E-state index contributed by atoms with van der Waals surface area (Å²) in [5, 5.41) is 3.72. The van der Waals surface area contributed by atoms with E-state index in [1.54, 1.807) is 42.5 Å². The van der Waals surface area contributed by atoms with Crippen molar-refractivity contribution in [3.8, 4) is 5.75 Å². The number of carbonyl (C=O) groups is 2. The number of sulfonamides is 1. The second-order valence-corrected chi connectivity index (χ2v) is 11.8. The minimum absolute atomic E-state index is 0.0373. The van der Waals surface area contributed by atoms with Gasteiger partial charge in [-0.15, -0.1) is 0 Å². The zero-order chi connectivity index (χ0) is 28.5. The Balaban J connectivity index is 2.28. The molecule has 2 unspecified atom stereocenters. The normalized spacial score (nSPS) is 12.9. The molecule has 2 aromatic carbocycles. The van der Waals surface area contributed by atoms with Gasteiger partial charge in [-0.1, -0.05) is 55.2 Å². The Kier molecular flexibility index (Phi) is 12.2. The standard InChI is InChI=1S/C27H37Cl2N3O5S/c1-6-19(3)30-27(34)23(7-2)31(18-20-14-15-21(28)22(29)17-20)26(33)13-10-16-32(38(5,35)36)24-11-8-9-12-25(24)37-4/h8-9,11-12,14-15,17,19,23H,6-7,10,13,16,18H2,1-5H3,(H,30,34). The third-order valence-corrected chi connectivity index (χ3v) is 8.15. The summed E-state index contributed by atoms with van der Waals surface area (Å²) >= 11 is 12.3. The monoisotopic (exact) mass is 585 g/mol. The van der Waals surface area contributed by atoms with Crippen LogP contribution in [0.2, 0.25) is 10.0 Å². The molecule has 210 valence electrons. The minimum Gasteiger partial charge on any atom is -0.495 e. The average Bonchev–Trinajstić information content (AvgIpc) is 2.87. The largest absolute Gasteiger partial charge is 0.495 e. The van der Waals surface area contributed by atoms with Crippen molar-refractivity contribution in [2.75, 3.05) is 24.2 Å². The van der Waals surface area contributed by atoms with Gasteiger partial charge >= 0.3 is 0 Å². The number of hydrogen-bond donors (Lipinski definition) is 1. The van der Waals surface area contributed by atoms with Crippen molar-refractivity contribution in [2.24, 2.45) is 0 Å². The number of carbonyl (C=O) groups excluding carboxylic acids is 2. The van der Waals surface area contributed by atoms with Crippen LogP contribution in [0.3, 0.4) is 0 Å². The quantitative estimate of drug-likeness (QED) is 0.326. The SMILES string of the molecule is CCC(C)NC(=O)C(CC)N(Cc1ccc(Cl)c(Cl)c1)C(=O)CCCN(c1ccccc1OC)S(C)(=O)=O. The Bertz CT molecular complexity index is 1210. The molecule has 0 bridgehead atoms. The average molecular weight is 587 g/mol. The smallest absolute Gasteiger partial charge is 0.243 e. The van der Waals surface area contributed by atoms with Crippen LogP contribution in [0.4, 0.5) is 5.69 Å². The number of nitrogens with zero attached hydrogens (tertiary/aromatic N) is 2. The Morgan fingerprint density at radius 1 is 1.05 bits per heavy atom. The van der Waals surface area contributed by atoms with Crippen molar-refractivity contribution in [1.82, 2.24) is 10.2 Å². The number of nitrogens with one attached hydrogen (secondary N) is 1. The molecular weight excluding hydrogens is 549 g/mol. The van der Waals surface area contributed by atoms with Gasteiger partial charge in [0.05, 0.1) is 29.1 Å². The molecule has 2 atom stereocenters. The molecule has 1 N–H and O–H groups in total. The van der Waals surface area contributed by atoms with Gasteiger partial charge in [-0.05, 0) is 56.0 Å². The lowest BCUT2D eigenvalue weighted by Gasteiger charge is -2.32. The highest BCUT2D eigenvalue weighted by Gasteiger charge is 2.30. The molecule has 0 aliphatic carbocycles. The number of halogens is 2. The Hall–Kier alpha value is -2.49. The molecule has 0 heterocycles. The fourth-order valence-electron chi connectivity index (χ4n) is 4.01. The first-order chi connectivity index (χ1) is 17.9. The fraction of sp³-hybridized carbons (Fsp3) is 0.481. The van der Waals surface area contributed by atoms with Crippen LogP contribution in [-0.4, -0.2) is 57.1 Å². The number of ether oxygens (including phenoxy) is 1. The molecule has 0 aromatic heterocycles. The molecule has 2 rings (SSSR count). The van der Waals surface area contributed by atoms with Crippen LogP contribution < -0.4 is 14.4 Å². The van der Waals surface area contributed by atoms with Crippen LogP contribution in [0.25, 0.3) is 0 Å².